The molecule has 1 saturated carbocycles. The van der Waals surface area contributed by atoms with E-state index in [1.54, 1.807) is 4.68 Å². The lowest BCUT2D eigenvalue weighted by Crippen LogP contribution is -2.45. The highest BCUT2D eigenvalue weighted by Crippen LogP contribution is 2.23. The molecule has 84 valence electrons. The number of hydrogen-bond donors (Lipinski definition) is 1. The van der Waals surface area contributed by atoms with Crippen molar-refractivity contribution in [3.8, 4) is 0 Å². The predicted octanol–water partition coefficient (Wildman–Crippen LogP) is 0.472. The number of aryl methyl sites for hydroxylation is 1. The number of rotatable bonds is 5. The molecule has 1 N–H and O–H groups in total. The van der Waals surface area contributed by atoms with Gasteiger partial charge in [0.05, 0.1) is 11.8 Å². The SMILES string of the molecule is CCOC1CC(NCc2cn(C)nn2)C1. The first-order valence-corrected chi connectivity index (χ1v) is 5.48. The number of hydrogen-bond acceptors (Lipinski definition) is 4. The fourth-order valence-electron chi connectivity index (χ4n) is 1.83. The second kappa shape index (κ2) is 4.72. The Morgan fingerprint density at radius 3 is 3.00 bits per heavy atom. The van der Waals surface area contributed by atoms with E-state index in [0.29, 0.717) is 12.1 Å². The van der Waals surface area contributed by atoms with E-state index in [9.17, 15) is 0 Å². The summed E-state index contributed by atoms with van der Waals surface area (Å²) in [5.74, 6) is 0. The van der Waals surface area contributed by atoms with Crippen LogP contribution in [0.25, 0.3) is 0 Å². The molecule has 2 rings (SSSR count). The van der Waals surface area contributed by atoms with Crippen molar-refractivity contribution in [3.63, 3.8) is 0 Å². The Bertz CT molecular complexity index is 306. The molecule has 1 aromatic rings. The highest BCUT2D eigenvalue weighted by Gasteiger charge is 2.28. The Kier molecular flexibility index (Phi) is 3.33. The van der Waals surface area contributed by atoms with Gasteiger partial charge < -0.3 is 10.1 Å². The normalized spacial score (nSPS) is 25.2. The van der Waals surface area contributed by atoms with Crippen molar-refractivity contribution >= 4 is 0 Å². The molecule has 5 heteroatoms. The van der Waals surface area contributed by atoms with E-state index in [0.717, 1.165) is 31.7 Å². The topological polar surface area (TPSA) is 52.0 Å². The van der Waals surface area contributed by atoms with Gasteiger partial charge in [0, 0.05) is 32.4 Å². The van der Waals surface area contributed by atoms with E-state index in [1.165, 1.54) is 0 Å². The molecule has 0 bridgehead atoms. The minimum Gasteiger partial charge on any atom is -0.378 e. The van der Waals surface area contributed by atoms with Crippen LogP contribution in [0, 0.1) is 0 Å². The second-order valence-corrected chi connectivity index (χ2v) is 4.01. The van der Waals surface area contributed by atoms with Gasteiger partial charge in [0.1, 0.15) is 0 Å². The molecule has 1 aliphatic carbocycles. The lowest BCUT2D eigenvalue weighted by Gasteiger charge is -2.35. The summed E-state index contributed by atoms with van der Waals surface area (Å²) in [6.07, 6.45) is 4.64. The van der Waals surface area contributed by atoms with Crippen LogP contribution in [0.15, 0.2) is 6.20 Å². The average Bonchev–Trinajstić information content (AvgIpc) is 2.55. The molecule has 0 saturated heterocycles. The van der Waals surface area contributed by atoms with E-state index < -0.39 is 0 Å². The smallest absolute Gasteiger partial charge is 0.0964 e. The van der Waals surface area contributed by atoms with Gasteiger partial charge in [0.25, 0.3) is 0 Å². The Morgan fingerprint density at radius 2 is 2.40 bits per heavy atom. The zero-order chi connectivity index (χ0) is 10.7. The molecule has 5 nitrogen and oxygen atoms in total. The quantitative estimate of drug-likeness (QED) is 0.767. The van der Waals surface area contributed by atoms with Crippen LogP contribution in [0.3, 0.4) is 0 Å². The number of nitrogens with zero attached hydrogens (tertiary/aromatic N) is 3. The minimum atomic E-state index is 0.467. The molecular weight excluding hydrogens is 192 g/mol. The molecule has 0 aliphatic heterocycles. The Labute approximate surface area is 89.8 Å². The van der Waals surface area contributed by atoms with Gasteiger partial charge in [0.2, 0.25) is 0 Å². The van der Waals surface area contributed by atoms with Crippen molar-refractivity contribution in [2.75, 3.05) is 6.61 Å². The highest BCUT2D eigenvalue weighted by molar-refractivity contribution is 4.94. The van der Waals surface area contributed by atoms with Crippen LogP contribution in [0.4, 0.5) is 0 Å². The largest absolute Gasteiger partial charge is 0.378 e. The Hall–Kier alpha value is -0.940. The van der Waals surface area contributed by atoms with E-state index in [-0.39, 0.29) is 0 Å². The minimum absolute atomic E-state index is 0.467. The van der Waals surface area contributed by atoms with Gasteiger partial charge >= 0.3 is 0 Å². The van der Waals surface area contributed by atoms with Gasteiger partial charge in [-0.05, 0) is 19.8 Å². The van der Waals surface area contributed by atoms with E-state index in [2.05, 4.69) is 15.6 Å². The molecule has 1 heterocycles. The van der Waals surface area contributed by atoms with Crippen LogP contribution in [0.5, 0.6) is 0 Å². The third-order valence-corrected chi connectivity index (χ3v) is 2.72. The zero-order valence-corrected chi connectivity index (χ0v) is 9.31. The number of aromatic nitrogens is 3. The summed E-state index contributed by atoms with van der Waals surface area (Å²) in [5.41, 5.74) is 0.998. The molecule has 1 fully saturated rings. The van der Waals surface area contributed by atoms with E-state index >= 15 is 0 Å². The first-order chi connectivity index (χ1) is 7.28. The van der Waals surface area contributed by atoms with Crippen LogP contribution in [0.1, 0.15) is 25.5 Å². The van der Waals surface area contributed by atoms with E-state index in [1.807, 2.05) is 20.2 Å². The average molecular weight is 210 g/mol. The molecule has 0 amide bonds. The Morgan fingerprint density at radius 1 is 1.60 bits per heavy atom. The van der Waals surface area contributed by atoms with Gasteiger partial charge in [0.15, 0.2) is 0 Å². The molecule has 1 aliphatic rings. The standard InChI is InChI=1S/C10H18N4O/c1-3-15-10-4-8(5-10)11-6-9-7-14(2)13-12-9/h7-8,10-11H,3-6H2,1-2H3. The maximum Gasteiger partial charge on any atom is 0.0964 e. The third-order valence-electron chi connectivity index (χ3n) is 2.72. The first-order valence-electron chi connectivity index (χ1n) is 5.48. The molecule has 0 atom stereocenters. The fourth-order valence-corrected chi connectivity index (χ4v) is 1.83. The van der Waals surface area contributed by atoms with Gasteiger partial charge in [-0.15, -0.1) is 5.10 Å². The fraction of sp³-hybridized carbons (Fsp3) is 0.800. The summed E-state index contributed by atoms with van der Waals surface area (Å²) in [6, 6.07) is 0.587. The summed E-state index contributed by atoms with van der Waals surface area (Å²) in [6.45, 7) is 3.67. The van der Waals surface area contributed by atoms with Crippen LogP contribution < -0.4 is 5.32 Å². The van der Waals surface area contributed by atoms with Gasteiger partial charge in [-0.1, -0.05) is 5.21 Å². The van der Waals surface area contributed by atoms with Gasteiger partial charge in [-0.3, -0.25) is 4.68 Å². The molecule has 0 unspecified atom stereocenters. The summed E-state index contributed by atoms with van der Waals surface area (Å²) in [5, 5.41) is 11.3. The van der Waals surface area contributed by atoms with Crippen molar-refractivity contribution < 1.29 is 4.74 Å². The van der Waals surface area contributed by atoms with Crippen molar-refractivity contribution in [1.29, 1.82) is 0 Å². The molecule has 0 radical (unpaired) electrons. The first kappa shape index (κ1) is 10.6. The zero-order valence-electron chi connectivity index (χ0n) is 9.31. The van der Waals surface area contributed by atoms with Crippen molar-refractivity contribution in [2.24, 2.45) is 7.05 Å². The molecule has 0 spiro atoms. The van der Waals surface area contributed by atoms with Crippen LogP contribution >= 0.6 is 0 Å². The lowest BCUT2D eigenvalue weighted by molar-refractivity contribution is -0.0103. The second-order valence-electron chi connectivity index (χ2n) is 4.01. The third kappa shape index (κ3) is 2.76. The lowest BCUT2D eigenvalue weighted by atomic mass is 9.89. The highest BCUT2D eigenvalue weighted by atomic mass is 16.5. The predicted molar refractivity (Wildman–Crippen MR) is 56.3 cm³/mol. The Balaban J connectivity index is 1.64. The van der Waals surface area contributed by atoms with E-state index in [4.69, 9.17) is 4.74 Å². The number of ether oxygens (including phenoxy) is 1. The van der Waals surface area contributed by atoms with Crippen molar-refractivity contribution in [3.05, 3.63) is 11.9 Å². The monoisotopic (exact) mass is 210 g/mol. The number of nitrogens with one attached hydrogen (secondary N) is 1. The summed E-state index contributed by atoms with van der Waals surface area (Å²) in [7, 11) is 1.88. The van der Waals surface area contributed by atoms with Crippen LogP contribution in [-0.2, 0) is 18.3 Å². The van der Waals surface area contributed by atoms with Crippen LogP contribution in [-0.4, -0.2) is 33.7 Å². The molecule has 15 heavy (non-hydrogen) atoms. The van der Waals surface area contributed by atoms with Gasteiger partial charge in [-0.25, -0.2) is 0 Å². The van der Waals surface area contributed by atoms with Crippen molar-refractivity contribution in [1.82, 2.24) is 20.3 Å². The maximum absolute atomic E-state index is 5.49. The maximum atomic E-state index is 5.49. The molecule has 0 aromatic carbocycles. The van der Waals surface area contributed by atoms with Crippen molar-refractivity contribution in [2.45, 2.75) is 38.5 Å². The summed E-state index contributed by atoms with van der Waals surface area (Å²) >= 11 is 0. The summed E-state index contributed by atoms with van der Waals surface area (Å²) < 4.78 is 7.22. The molecule has 1 aromatic heterocycles. The molecular formula is C10H18N4O. The van der Waals surface area contributed by atoms with Crippen LogP contribution in [0.2, 0.25) is 0 Å². The van der Waals surface area contributed by atoms with Gasteiger partial charge in [-0.2, -0.15) is 0 Å². The summed E-state index contributed by atoms with van der Waals surface area (Å²) in [4.78, 5) is 0.